The number of benzene rings is 1. The van der Waals surface area contributed by atoms with E-state index in [0.717, 1.165) is 48.9 Å². The Kier molecular flexibility index (Phi) is 11.2. The number of nitrogens with zero attached hydrogens (tertiary/aromatic N) is 4. The number of aromatic nitrogens is 3. The van der Waals surface area contributed by atoms with Crippen molar-refractivity contribution < 1.29 is 9.47 Å². The third-order valence-electron chi connectivity index (χ3n) is 4.82. The van der Waals surface area contributed by atoms with Crippen molar-refractivity contribution in [3.05, 3.63) is 54.0 Å². The highest BCUT2D eigenvalue weighted by molar-refractivity contribution is 14.0. The zero-order chi connectivity index (χ0) is 21.9. The molecule has 2 heterocycles. The molecule has 0 unspecified atom stereocenters. The van der Waals surface area contributed by atoms with Crippen LogP contribution >= 0.6 is 24.0 Å². The largest absolute Gasteiger partial charge is 0.475 e. The summed E-state index contributed by atoms with van der Waals surface area (Å²) in [5.74, 6) is 2.42. The lowest BCUT2D eigenvalue weighted by Crippen LogP contribution is -2.38. The van der Waals surface area contributed by atoms with E-state index in [1.165, 1.54) is 5.52 Å². The van der Waals surface area contributed by atoms with E-state index in [9.17, 15) is 0 Å². The fraction of sp³-hybridized carbons (Fsp3) is 0.435. The smallest absolute Gasteiger partial charge is 0.218 e. The topological polar surface area (TPSA) is 85.6 Å². The Bertz CT molecular complexity index is 992. The SMILES string of the molecule is CCNC(=NCc1cccnc1OCCOC)NCCCn1c(C)nc2ccccc21.I. The summed E-state index contributed by atoms with van der Waals surface area (Å²) in [6.45, 7) is 8.08. The highest BCUT2D eigenvalue weighted by atomic mass is 127. The van der Waals surface area contributed by atoms with E-state index < -0.39 is 0 Å². The number of aryl methyl sites for hydroxylation is 2. The first-order chi connectivity index (χ1) is 15.2. The average Bonchev–Trinajstić information content (AvgIpc) is 3.11. The Labute approximate surface area is 206 Å². The Morgan fingerprint density at radius 1 is 1.12 bits per heavy atom. The molecule has 0 radical (unpaired) electrons. The molecule has 0 bridgehead atoms. The van der Waals surface area contributed by atoms with E-state index in [4.69, 9.17) is 14.5 Å². The fourth-order valence-corrected chi connectivity index (χ4v) is 3.32. The maximum Gasteiger partial charge on any atom is 0.218 e. The number of ether oxygens (including phenoxy) is 2. The van der Waals surface area contributed by atoms with Gasteiger partial charge in [-0.1, -0.05) is 18.2 Å². The molecule has 0 saturated carbocycles. The monoisotopic (exact) mass is 552 g/mol. The number of guanidine groups is 1. The van der Waals surface area contributed by atoms with E-state index in [1.807, 2.05) is 18.2 Å². The molecule has 32 heavy (non-hydrogen) atoms. The van der Waals surface area contributed by atoms with Crippen LogP contribution < -0.4 is 15.4 Å². The molecule has 0 aliphatic rings. The number of fused-ring (bicyclic) bond motifs is 1. The number of halogens is 1. The van der Waals surface area contributed by atoms with Crippen molar-refractivity contribution >= 4 is 41.0 Å². The molecule has 2 aromatic heterocycles. The number of hydrogen-bond acceptors (Lipinski definition) is 5. The number of aliphatic imine (C=N–C) groups is 1. The third kappa shape index (κ3) is 7.33. The van der Waals surface area contributed by atoms with Crippen LogP contribution in [0.15, 0.2) is 47.6 Å². The van der Waals surface area contributed by atoms with Gasteiger partial charge in [-0.25, -0.2) is 15.0 Å². The van der Waals surface area contributed by atoms with Gasteiger partial charge in [0.15, 0.2) is 5.96 Å². The second kappa shape index (κ2) is 13.9. The lowest BCUT2D eigenvalue weighted by Gasteiger charge is -2.13. The predicted molar refractivity (Wildman–Crippen MR) is 139 cm³/mol. The molecular formula is C23H33IN6O2. The molecule has 0 spiro atoms. The molecule has 3 rings (SSSR count). The summed E-state index contributed by atoms with van der Waals surface area (Å²) < 4.78 is 13.0. The summed E-state index contributed by atoms with van der Waals surface area (Å²) in [4.78, 5) is 13.6. The van der Waals surface area contributed by atoms with Crippen molar-refractivity contribution in [1.29, 1.82) is 0 Å². The zero-order valence-electron chi connectivity index (χ0n) is 19.0. The minimum atomic E-state index is 0. The molecule has 174 valence electrons. The van der Waals surface area contributed by atoms with Crippen LogP contribution in [-0.2, 0) is 17.8 Å². The number of nitrogens with one attached hydrogen (secondary N) is 2. The van der Waals surface area contributed by atoms with Gasteiger partial charge >= 0.3 is 0 Å². The molecule has 0 amide bonds. The average molecular weight is 552 g/mol. The van der Waals surface area contributed by atoms with Gasteiger partial charge in [-0.15, -0.1) is 24.0 Å². The number of para-hydroxylation sites is 2. The van der Waals surface area contributed by atoms with Gasteiger partial charge in [0.05, 0.1) is 24.2 Å². The molecule has 3 aromatic rings. The summed E-state index contributed by atoms with van der Waals surface area (Å²) >= 11 is 0. The third-order valence-corrected chi connectivity index (χ3v) is 4.82. The molecule has 0 aliphatic heterocycles. The van der Waals surface area contributed by atoms with Crippen molar-refractivity contribution in [2.75, 3.05) is 33.4 Å². The predicted octanol–water partition coefficient (Wildman–Crippen LogP) is 3.53. The lowest BCUT2D eigenvalue weighted by atomic mass is 10.3. The van der Waals surface area contributed by atoms with Crippen LogP contribution in [0.5, 0.6) is 5.88 Å². The maximum atomic E-state index is 5.70. The summed E-state index contributed by atoms with van der Waals surface area (Å²) in [5, 5.41) is 6.71. The highest BCUT2D eigenvalue weighted by Crippen LogP contribution is 2.16. The van der Waals surface area contributed by atoms with Gasteiger partial charge in [0.1, 0.15) is 12.4 Å². The summed E-state index contributed by atoms with van der Waals surface area (Å²) in [6.07, 6.45) is 2.69. The molecule has 9 heteroatoms. The van der Waals surface area contributed by atoms with Crippen LogP contribution in [0.2, 0.25) is 0 Å². The van der Waals surface area contributed by atoms with Gasteiger partial charge in [0.25, 0.3) is 0 Å². The zero-order valence-corrected chi connectivity index (χ0v) is 21.3. The fourth-order valence-electron chi connectivity index (χ4n) is 3.32. The standard InChI is InChI=1S/C23H32N6O2.HI/c1-4-24-23(27-17-19-9-7-12-25-22(19)31-16-15-30-3)26-13-8-14-29-18(2)28-20-10-5-6-11-21(20)29;/h5-7,9-12H,4,8,13-17H2,1-3H3,(H2,24,26,27);1H. The maximum absolute atomic E-state index is 5.70. The lowest BCUT2D eigenvalue weighted by molar-refractivity contribution is 0.143. The molecule has 2 N–H and O–H groups in total. The molecule has 0 atom stereocenters. The Morgan fingerprint density at radius 2 is 1.97 bits per heavy atom. The van der Waals surface area contributed by atoms with Crippen LogP contribution in [-0.4, -0.2) is 53.9 Å². The second-order valence-corrected chi connectivity index (χ2v) is 7.08. The molecule has 0 aliphatic carbocycles. The van der Waals surface area contributed by atoms with Crippen molar-refractivity contribution in [3.63, 3.8) is 0 Å². The molecule has 8 nitrogen and oxygen atoms in total. The number of methoxy groups -OCH3 is 1. The normalized spacial score (nSPS) is 11.3. The van der Waals surface area contributed by atoms with Gasteiger partial charge in [0, 0.05) is 38.5 Å². The van der Waals surface area contributed by atoms with E-state index in [1.54, 1.807) is 13.3 Å². The van der Waals surface area contributed by atoms with Crippen LogP contribution in [0.25, 0.3) is 11.0 Å². The number of imidazole rings is 1. The second-order valence-electron chi connectivity index (χ2n) is 7.08. The van der Waals surface area contributed by atoms with Crippen molar-refractivity contribution in [3.8, 4) is 5.88 Å². The minimum absolute atomic E-state index is 0. The molecular weight excluding hydrogens is 519 g/mol. The van der Waals surface area contributed by atoms with Crippen molar-refractivity contribution in [1.82, 2.24) is 25.2 Å². The highest BCUT2D eigenvalue weighted by Gasteiger charge is 2.07. The number of pyridine rings is 1. The van der Waals surface area contributed by atoms with E-state index >= 15 is 0 Å². The first-order valence-electron chi connectivity index (χ1n) is 10.7. The van der Waals surface area contributed by atoms with Crippen molar-refractivity contribution in [2.45, 2.75) is 33.4 Å². The number of hydrogen-bond donors (Lipinski definition) is 2. The Hall–Kier alpha value is -2.40. The van der Waals surface area contributed by atoms with Crippen LogP contribution in [0.1, 0.15) is 24.7 Å². The molecule has 0 fully saturated rings. The minimum Gasteiger partial charge on any atom is -0.475 e. The summed E-state index contributed by atoms with van der Waals surface area (Å²) in [5.41, 5.74) is 3.16. The molecule has 0 saturated heterocycles. The van der Waals surface area contributed by atoms with E-state index in [-0.39, 0.29) is 24.0 Å². The first-order valence-corrected chi connectivity index (χ1v) is 10.7. The van der Waals surface area contributed by atoms with Crippen LogP contribution in [0.4, 0.5) is 0 Å². The van der Waals surface area contributed by atoms with Crippen LogP contribution in [0.3, 0.4) is 0 Å². The van der Waals surface area contributed by atoms with Gasteiger partial charge in [-0.2, -0.15) is 0 Å². The summed E-state index contributed by atoms with van der Waals surface area (Å²) in [7, 11) is 1.65. The summed E-state index contributed by atoms with van der Waals surface area (Å²) in [6, 6.07) is 12.1. The van der Waals surface area contributed by atoms with Crippen molar-refractivity contribution in [2.24, 2.45) is 4.99 Å². The quantitative estimate of drug-likeness (QED) is 0.164. The Morgan fingerprint density at radius 3 is 2.78 bits per heavy atom. The van der Waals surface area contributed by atoms with E-state index in [2.05, 4.69) is 57.2 Å². The van der Waals surface area contributed by atoms with Gasteiger partial charge in [0.2, 0.25) is 5.88 Å². The Balaban J connectivity index is 0.00000363. The van der Waals surface area contributed by atoms with Gasteiger partial charge in [-0.3, -0.25) is 0 Å². The molecule has 1 aromatic carbocycles. The van der Waals surface area contributed by atoms with Gasteiger partial charge in [-0.05, 0) is 38.5 Å². The van der Waals surface area contributed by atoms with Gasteiger partial charge < -0.3 is 24.7 Å². The van der Waals surface area contributed by atoms with E-state index in [0.29, 0.717) is 25.6 Å². The number of rotatable bonds is 11. The van der Waals surface area contributed by atoms with Crippen LogP contribution in [0, 0.1) is 6.92 Å². The first kappa shape index (κ1) is 25.9.